The fourth-order valence-corrected chi connectivity index (χ4v) is 4.98. The number of thioether (sulfide) groups is 2. The monoisotopic (exact) mass is 678 g/mol. The third-order valence-corrected chi connectivity index (χ3v) is 6.44. The first kappa shape index (κ1) is 32.6. The van der Waals surface area contributed by atoms with E-state index in [1.54, 1.807) is 0 Å². The quantitative estimate of drug-likeness (QED) is 0.218. The third kappa shape index (κ3) is 11.2. The highest BCUT2D eigenvalue weighted by molar-refractivity contribution is 8.93. The molecule has 182 valence electrons. The van der Waals surface area contributed by atoms with Crippen LogP contribution in [0.15, 0.2) is 70.6 Å². The van der Waals surface area contributed by atoms with Crippen molar-refractivity contribution in [1.29, 1.82) is 0 Å². The lowest BCUT2D eigenvalue weighted by Crippen LogP contribution is -2.14. The van der Waals surface area contributed by atoms with Gasteiger partial charge in [-0.15, -0.1) is 74.5 Å². The van der Waals surface area contributed by atoms with Crippen molar-refractivity contribution in [3.8, 4) is 22.6 Å². The average molecular weight is 681 g/mol. The molecule has 0 radical (unpaired) electrons. The molecule has 33 heavy (non-hydrogen) atoms. The van der Waals surface area contributed by atoms with E-state index >= 15 is 0 Å². The van der Waals surface area contributed by atoms with Gasteiger partial charge in [-0.1, -0.05) is 24.3 Å². The number of halogens is 3. The largest absolute Gasteiger partial charge is 0.309 e. The topological polar surface area (TPSA) is 32.3 Å². The lowest BCUT2D eigenvalue weighted by Gasteiger charge is -2.10. The van der Waals surface area contributed by atoms with E-state index in [2.05, 4.69) is 91.5 Å². The number of rotatable bonds is 10. The Hall–Kier alpha value is -0.420. The molecule has 1 heterocycles. The molecule has 0 saturated carbocycles. The van der Waals surface area contributed by atoms with E-state index < -0.39 is 0 Å². The Morgan fingerprint density at radius 3 is 1.76 bits per heavy atom. The number of hydrogen-bond acceptors (Lipinski definition) is 6. The highest BCUT2D eigenvalue weighted by Crippen LogP contribution is 2.27. The zero-order valence-electron chi connectivity index (χ0n) is 19.4. The van der Waals surface area contributed by atoms with Crippen LogP contribution in [0.4, 0.5) is 0 Å². The van der Waals surface area contributed by atoms with Crippen molar-refractivity contribution in [2.45, 2.75) is 9.79 Å². The van der Waals surface area contributed by atoms with Crippen molar-refractivity contribution in [2.75, 3.05) is 52.8 Å². The Morgan fingerprint density at radius 2 is 1.21 bits per heavy atom. The molecule has 0 saturated heterocycles. The molecule has 0 atom stereocenters. The Bertz CT molecular complexity index is 886. The number of nitrogens with zero attached hydrogens (tertiary/aromatic N) is 4. The number of aromatic nitrogens is 2. The van der Waals surface area contributed by atoms with E-state index in [9.17, 15) is 0 Å². The highest BCUT2D eigenvalue weighted by Gasteiger charge is 2.07. The van der Waals surface area contributed by atoms with Gasteiger partial charge in [-0.2, -0.15) is 0 Å². The molecular weight excluding hydrogens is 648 g/mol. The molecule has 4 nitrogen and oxygen atoms in total. The standard InChI is InChI=1S/C24H30N4S2.3BrH/c1-27(2)13-15-29-21-9-5-7-19(17-21)23-11-12-25-24(26-23)20-8-6-10-22(18-20)30-16-14-28(3)4;;;/h5-12,17-18H,13-16H2,1-4H3;3*1H. The summed E-state index contributed by atoms with van der Waals surface area (Å²) in [5.74, 6) is 2.91. The molecule has 0 aliphatic carbocycles. The van der Waals surface area contributed by atoms with Gasteiger partial charge in [0, 0.05) is 51.7 Å². The Morgan fingerprint density at radius 1 is 0.697 bits per heavy atom. The van der Waals surface area contributed by atoms with Gasteiger partial charge in [0.05, 0.1) is 5.69 Å². The summed E-state index contributed by atoms with van der Waals surface area (Å²) in [5, 5.41) is 0. The summed E-state index contributed by atoms with van der Waals surface area (Å²) in [5.41, 5.74) is 3.15. The van der Waals surface area contributed by atoms with Gasteiger partial charge in [0.2, 0.25) is 0 Å². The molecule has 0 aliphatic heterocycles. The molecule has 0 fully saturated rings. The van der Waals surface area contributed by atoms with Crippen LogP contribution in [0.2, 0.25) is 0 Å². The van der Waals surface area contributed by atoms with Gasteiger partial charge in [0.15, 0.2) is 5.82 Å². The normalized spacial score (nSPS) is 10.4. The molecule has 0 spiro atoms. The van der Waals surface area contributed by atoms with E-state index in [4.69, 9.17) is 4.98 Å². The van der Waals surface area contributed by atoms with Crippen molar-refractivity contribution in [1.82, 2.24) is 19.8 Å². The first-order chi connectivity index (χ1) is 14.5. The van der Waals surface area contributed by atoms with E-state index in [0.717, 1.165) is 47.2 Å². The van der Waals surface area contributed by atoms with Crippen LogP contribution in [0.5, 0.6) is 0 Å². The van der Waals surface area contributed by atoms with Crippen molar-refractivity contribution < 1.29 is 0 Å². The van der Waals surface area contributed by atoms with Gasteiger partial charge in [-0.05, 0) is 58.5 Å². The molecule has 1 aromatic heterocycles. The van der Waals surface area contributed by atoms with Crippen molar-refractivity contribution in [3.05, 3.63) is 60.8 Å². The zero-order chi connectivity index (χ0) is 21.3. The van der Waals surface area contributed by atoms with Gasteiger partial charge in [-0.25, -0.2) is 9.97 Å². The minimum Gasteiger partial charge on any atom is -0.309 e. The van der Waals surface area contributed by atoms with E-state index in [1.165, 1.54) is 9.79 Å². The molecule has 0 bridgehead atoms. The summed E-state index contributed by atoms with van der Waals surface area (Å²) in [6, 6.07) is 19.1. The summed E-state index contributed by atoms with van der Waals surface area (Å²) in [4.78, 5) is 16.3. The minimum absolute atomic E-state index is 0. The maximum atomic E-state index is 4.87. The number of benzene rings is 2. The summed E-state index contributed by atoms with van der Waals surface area (Å²) in [7, 11) is 8.42. The molecule has 0 N–H and O–H groups in total. The van der Waals surface area contributed by atoms with Crippen LogP contribution in [0.3, 0.4) is 0 Å². The molecule has 0 aliphatic rings. The van der Waals surface area contributed by atoms with Gasteiger partial charge in [0.1, 0.15) is 0 Å². The summed E-state index contributed by atoms with van der Waals surface area (Å²) < 4.78 is 0. The van der Waals surface area contributed by atoms with Crippen molar-refractivity contribution >= 4 is 74.5 Å². The van der Waals surface area contributed by atoms with Crippen LogP contribution < -0.4 is 0 Å². The van der Waals surface area contributed by atoms with Gasteiger partial charge < -0.3 is 9.80 Å². The second kappa shape index (κ2) is 17.1. The second-order valence-corrected chi connectivity index (χ2v) is 9.96. The Kier molecular flexibility index (Phi) is 16.9. The second-order valence-electron chi connectivity index (χ2n) is 7.62. The Labute approximate surface area is 238 Å². The molecule has 2 aromatic carbocycles. The molecule has 3 aromatic rings. The average Bonchev–Trinajstić information content (AvgIpc) is 2.74. The lowest BCUT2D eigenvalue weighted by atomic mass is 10.1. The molecule has 0 amide bonds. The van der Waals surface area contributed by atoms with Crippen LogP contribution in [0.1, 0.15) is 0 Å². The van der Waals surface area contributed by atoms with E-state index in [1.807, 2.05) is 35.8 Å². The van der Waals surface area contributed by atoms with Crippen molar-refractivity contribution in [2.24, 2.45) is 0 Å². The summed E-state index contributed by atoms with van der Waals surface area (Å²) in [6.07, 6.45) is 1.86. The molecule has 3 rings (SSSR count). The predicted octanol–water partition coefficient (Wildman–Crippen LogP) is 6.85. The maximum absolute atomic E-state index is 4.87. The molecule has 0 unspecified atom stereocenters. The smallest absolute Gasteiger partial charge is 0.159 e. The first-order valence-corrected chi connectivity index (χ1v) is 12.1. The van der Waals surface area contributed by atoms with Crippen LogP contribution in [0, 0.1) is 0 Å². The lowest BCUT2D eigenvalue weighted by molar-refractivity contribution is 0.437. The predicted molar refractivity (Wildman–Crippen MR) is 162 cm³/mol. The van der Waals surface area contributed by atoms with Crippen LogP contribution in [-0.2, 0) is 0 Å². The maximum Gasteiger partial charge on any atom is 0.159 e. The zero-order valence-corrected chi connectivity index (χ0v) is 26.2. The van der Waals surface area contributed by atoms with Crippen molar-refractivity contribution in [3.63, 3.8) is 0 Å². The molecular formula is C24H33Br3N4S2. The number of hydrogen-bond donors (Lipinski definition) is 0. The van der Waals surface area contributed by atoms with E-state index in [-0.39, 0.29) is 50.9 Å². The van der Waals surface area contributed by atoms with Crippen LogP contribution in [0.25, 0.3) is 22.6 Å². The van der Waals surface area contributed by atoms with Crippen LogP contribution in [-0.4, -0.2) is 72.6 Å². The summed E-state index contributed by atoms with van der Waals surface area (Å²) in [6.45, 7) is 2.12. The van der Waals surface area contributed by atoms with Gasteiger partial charge in [0.25, 0.3) is 0 Å². The van der Waals surface area contributed by atoms with E-state index in [0.29, 0.717) is 0 Å². The molecule has 9 heteroatoms. The fourth-order valence-electron chi connectivity index (χ4n) is 2.82. The Balaban J connectivity index is 0.00000341. The van der Waals surface area contributed by atoms with Gasteiger partial charge in [-0.3, -0.25) is 0 Å². The SMILES string of the molecule is Br.Br.Br.CN(C)CCSc1cccc(-c2ccnc(-c3cccc(SCCN(C)C)c3)n2)c1. The third-order valence-electron chi connectivity index (χ3n) is 4.49. The summed E-state index contributed by atoms with van der Waals surface area (Å²) >= 11 is 3.74. The first-order valence-electron chi connectivity index (χ1n) is 10.1. The minimum atomic E-state index is 0. The fraction of sp³-hybridized carbons (Fsp3) is 0.333. The van der Waals surface area contributed by atoms with Gasteiger partial charge >= 0.3 is 0 Å². The van der Waals surface area contributed by atoms with Crippen LogP contribution >= 0.6 is 74.5 Å². The highest BCUT2D eigenvalue weighted by atomic mass is 79.9.